The first kappa shape index (κ1) is 12.3. The van der Waals surface area contributed by atoms with Gasteiger partial charge in [0.25, 0.3) is 5.91 Å². The lowest BCUT2D eigenvalue weighted by Crippen LogP contribution is -2.18. The third-order valence-electron chi connectivity index (χ3n) is 2.29. The zero-order valence-electron chi connectivity index (χ0n) is 9.35. The van der Waals surface area contributed by atoms with Gasteiger partial charge in [0.1, 0.15) is 0 Å². The van der Waals surface area contributed by atoms with Crippen molar-refractivity contribution in [3.05, 3.63) is 53.2 Å². The monoisotopic (exact) mass is 262 g/mol. The Morgan fingerprint density at radius 3 is 2.61 bits per heavy atom. The number of nitrogens with one attached hydrogen (secondary N) is 2. The molecular formula is C12H11ClN4O. The van der Waals surface area contributed by atoms with Crippen LogP contribution in [0.3, 0.4) is 0 Å². The fourth-order valence-corrected chi connectivity index (χ4v) is 1.56. The van der Waals surface area contributed by atoms with E-state index in [1.807, 2.05) is 0 Å². The molecule has 92 valence electrons. The zero-order valence-corrected chi connectivity index (χ0v) is 10.1. The molecule has 1 aromatic carbocycles. The van der Waals surface area contributed by atoms with Gasteiger partial charge >= 0.3 is 0 Å². The Kier molecular flexibility index (Phi) is 3.76. The zero-order chi connectivity index (χ0) is 13.0. The second-order valence-corrected chi connectivity index (χ2v) is 3.94. The lowest BCUT2D eigenvalue weighted by atomic mass is 10.2. The van der Waals surface area contributed by atoms with Crippen LogP contribution >= 0.6 is 11.6 Å². The smallest absolute Gasteiger partial charge is 0.259 e. The Bertz CT molecular complexity index is 556. The van der Waals surface area contributed by atoms with E-state index in [9.17, 15) is 4.79 Å². The highest BCUT2D eigenvalue weighted by Crippen LogP contribution is 2.16. The Balaban J connectivity index is 2.19. The van der Waals surface area contributed by atoms with Crippen LogP contribution in [0.25, 0.3) is 0 Å². The fourth-order valence-electron chi connectivity index (χ4n) is 1.44. The number of hydrazine groups is 1. The van der Waals surface area contributed by atoms with Gasteiger partial charge in [-0.15, -0.1) is 0 Å². The number of hydrogen-bond acceptors (Lipinski definition) is 4. The van der Waals surface area contributed by atoms with Crippen LogP contribution < -0.4 is 16.6 Å². The maximum absolute atomic E-state index is 12.0. The molecule has 18 heavy (non-hydrogen) atoms. The number of amides is 1. The second-order valence-electron chi connectivity index (χ2n) is 3.50. The predicted octanol–water partition coefficient (Wildman–Crippen LogP) is 2.27. The van der Waals surface area contributed by atoms with Crippen molar-refractivity contribution in [3.8, 4) is 0 Å². The maximum atomic E-state index is 12.0. The summed E-state index contributed by atoms with van der Waals surface area (Å²) < 4.78 is 0. The molecule has 0 aliphatic carbocycles. The summed E-state index contributed by atoms with van der Waals surface area (Å²) in [5.41, 5.74) is 3.40. The molecule has 0 radical (unpaired) electrons. The third kappa shape index (κ3) is 2.77. The van der Waals surface area contributed by atoms with E-state index >= 15 is 0 Å². The molecule has 2 aromatic rings. The summed E-state index contributed by atoms with van der Waals surface area (Å²) in [5, 5.41) is 3.34. The minimum absolute atomic E-state index is 0.293. The van der Waals surface area contributed by atoms with E-state index in [2.05, 4.69) is 15.7 Å². The lowest BCUT2D eigenvalue weighted by Gasteiger charge is -2.08. The molecule has 0 bridgehead atoms. The van der Waals surface area contributed by atoms with E-state index in [1.165, 1.54) is 0 Å². The number of nitrogens with zero attached hydrogens (tertiary/aromatic N) is 1. The molecule has 6 heteroatoms. The van der Waals surface area contributed by atoms with Crippen molar-refractivity contribution in [2.75, 3.05) is 10.7 Å². The van der Waals surface area contributed by atoms with Gasteiger partial charge in [-0.05, 0) is 36.4 Å². The number of hydrogen-bond donors (Lipinski definition) is 3. The highest BCUT2D eigenvalue weighted by molar-refractivity contribution is 6.30. The number of aromatic nitrogens is 1. The summed E-state index contributed by atoms with van der Waals surface area (Å²) in [6, 6.07) is 10.1. The molecule has 0 saturated carbocycles. The summed E-state index contributed by atoms with van der Waals surface area (Å²) in [6.07, 6.45) is 1.55. The summed E-state index contributed by atoms with van der Waals surface area (Å²) >= 11 is 5.76. The highest BCUT2D eigenvalue weighted by atomic mass is 35.5. The van der Waals surface area contributed by atoms with E-state index < -0.39 is 0 Å². The van der Waals surface area contributed by atoms with Gasteiger partial charge in [0.05, 0.1) is 5.56 Å². The Hall–Kier alpha value is -2.11. The normalized spacial score (nSPS) is 9.89. The van der Waals surface area contributed by atoms with E-state index in [-0.39, 0.29) is 5.91 Å². The summed E-state index contributed by atoms with van der Waals surface area (Å²) in [6.45, 7) is 0. The number of anilines is 2. The standard InChI is InChI=1S/C12H11ClN4O/c13-8-3-5-9(6-4-8)16-12(18)10-2-1-7-15-11(10)17-14/h1-7H,14H2,(H,15,17)(H,16,18). The second kappa shape index (κ2) is 5.48. The average Bonchev–Trinajstić information content (AvgIpc) is 2.41. The van der Waals surface area contributed by atoms with Gasteiger partial charge in [-0.1, -0.05) is 11.6 Å². The van der Waals surface area contributed by atoms with Crippen molar-refractivity contribution in [1.82, 2.24) is 4.98 Å². The first-order valence-corrected chi connectivity index (χ1v) is 5.57. The number of pyridine rings is 1. The molecule has 0 saturated heterocycles. The van der Waals surface area contributed by atoms with Crippen LogP contribution in [-0.2, 0) is 0 Å². The molecule has 1 amide bonds. The number of carbonyl (C=O) groups is 1. The molecular weight excluding hydrogens is 252 g/mol. The van der Waals surface area contributed by atoms with E-state index in [1.54, 1.807) is 42.6 Å². The summed E-state index contributed by atoms with van der Waals surface area (Å²) in [7, 11) is 0. The van der Waals surface area contributed by atoms with Crippen LogP contribution in [0.1, 0.15) is 10.4 Å². The molecule has 0 fully saturated rings. The van der Waals surface area contributed by atoms with E-state index in [4.69, 9.17) is 17.4 Å². The van der Waals surface area contributed by atoms with Crippen LogP contribution in [0, 0.1) is 0 Å². The first-order chi connectivity index (χ1) is 8.70. The largest absolute Gasteiger partial charge is 0.322 e. The van der Waals surface area contributed by atoms with Gasteiger partial charge in [0.2, 0.25) is 0 Å². The van der Waals surface area contributed by atoms with Gasteiger partial charge in [0.15, 0.2) is 5.82 Å². The average molecular weight is 263 g/mol. The number of rotatable bonds is 3. The third-order valence-corrected chi connectivity index (χ3v) is 2.54. The van der Waals surface area contributed by atoms with Crippen LogP contribution in [0.5, 0.6) is 0 Å². The van der Waals surface area contributed by atoms with Crippen molar-refractivity contribution in [1.29, 1.82) is 0 Å². The topological polar surface area (TPSA) is 80.0 Å². The van der Waals surface area contributed by atoms with Gasteiger partial charge in [-0.2, -0.15) is 0 Å². The maximum Gasteiger partial charge on any atom is 0.259 e. The van der Waals surface area contributed by atoms with Crippen molar-refractivity contribution < 1.29 is 4.79 Å². The minimum Gasteiger partial charge on any atom is -0.322 e. The molecule has 0 unspecified atom stereocenters. The molecule has 0 atom stereocenters. The Labute approximate surface area is 109 Å². The lowest BCUT2D eigenvalue weighted by molar-refractivity contribution is 0.102. The summed E-state index contributed by atoms with van der Waals surface area (Å²) in [4.78, 5) is 16.0. The van der Waals surface area contributed by atoms with Crippen molar-refractivity contribution in [2.45, 2.75) is 0 Å². The molecule has 5 nitrogen and oxygen atoms in total. The summed E-state index contributed by atoms with van der Waals surface area (Å²) in [5.74, 6) is 5.32. The SMILES string of the molecule is NNc1ncccc1C(=O)Nc1ccc(Cl)cc1. The van der Waals surface area contributed by atoms with Gasteiger partial charge < -0.3 is 10.7 Å². The molecule has 1 heterocycles. The van der Waals surface area contributed by atoms with Crippen LogP contribution in [0.2, 0.25) is 5.02 Å². The molecule has 2 rings (SSSR count). The Morgan fingerprint density at radius 2 is 1.94 bits per heavy atom. The fraction of sp³-hybridized carbons (Fsp3) is 0. The van der Waals surface area contributed by atoms with Gasteiger partial charge in [0, 0.05) is 16.9 Å². The quantitative estimate of drug-likeness (QED) is 0.586. The number of nitrogens with two attached hydrogens (primary N) is 1. The van der Waals surface area contributed by atoms with Gasteiger partial charge in [-0.3, -0.25) is 4.79 Å². The molecule has 0 spiro atoms. The molecule has 1 aromatic heterocycles. The van der Waals surface area contributed by atoms with Crippen molar-refractivity contribution in [2.24, 2.45) is 5.84 Å². The molecule has 0 aliphatic heterocycles. The minimum atomic E-state index is -0.293. The van der Waals surface area contributed by atoms with Crippen molar-refractivity contribution in [3.63, 3.8) is 0 Å². The van der Waals surface area contributed by atoms with Crippen molar-refractivity contribution >= 4 is 29.0 Å². The van der Waals surface area contributed by atoms with E-state index in [0.717, 1.165) is 0 Å². The number of carbonyl (C=O) groups excluding carboxylic acids is 1. The Morgan fingerprint density at radius 1 is 1.22 bits per heavy atom. The predicted molar refractivity (Wildman–Crippen MR) is 71.5 cm³/mol. The molecule has 0 aliphatic rings. The van der Waals surface area contributed by atoms with Crippen LogP contribution in [0.15, 0.2) is 42.6 Å². The van der Waals surface area contributed by atoms with Crippen LogP contribution in [-0.4, -0.2) is 10.9 Å². The number of benzene rings is 1. The van der Waals surface area contributed by atoms with E-state index in [0.29, 0.717) is 22.1 Å². The first-order valence-electron chi connectivity index (χ1n) is 5.19. The van der Waals surface area contributed by atoms with Crippen LogP contribution in [0.4, 0.5) is 11.5 Å². The number of halogens is 1. The van der Waals surface area contributed by atoms with Gasteiger partial charge in [-0.25, -0.2) is 10.8 Å². The number of nitrogen functional groups attached to an aromatic ring is 1. The highest BCUT2D eigenvalue weighted by Gasteiger charge is 2.11. The molecule has 4 N–H and O–H groups in total.